The van der Waals surface area contributed by atoms with Crippen molar-refractivity contribution < 1.29 is 9.53 Å². The van der Waals surface area contributed by atoms with Gasteiger partial charge in [-0.2, -0.15) is 0 Å². The van der Waals surface area contributed by atoms with Crippen molar-refractivity contribution in [2.75, 3.05) is 20.8 Å². The van der Waals surface area contributed by atoms with Crippen LogP contribution in [0.1, 0.15) is 5.56 Å². The number of hydrogen-bond acceptors (Lipinski definition) is 3. The lowest BCUT2D eigenvalue weighted by molar-refractivity contribution is -0.132. The second-order valence-electron chi connectivity index (χ2n) is 3.85. The first-order valence-corrected chi connectivity index (χ1v) is 5.67. The molecule has 2 N–H and O–H groups in total. The quantitative estimate of drug-likeness (QED) is 0.899. The molecule has 1 aromatic rings. The molecule has 0 aliphatic carbocycles. The van der Waals surface area contributed by atoms with Crippen LogP contribution in [0.25, 0.3) is 0 Å². The number of benzene rings is 1. The van der Waals surface area contributed by atoms with Crippen LogP contribution in [0.4, 0.5) is 0 Å². The summed E-state index contributed by atoms with van der Waals surface area (Å²) in [6, 6.07) is 6.78. The molecule has 1 amide bonds. The van der Waals surface area contributed by atoms with E-state index in [1.54, 1.807) is 18.0 Å². The van der Waals surface area contributed by atoms with E-state index in [9.17, 15) is 4.79 Å². The van der Waals surface area contributed by atoms with Crippen molar-refractivity contribution in [1.29, 1.82) is 0 Å². The number of carbonyl (C=O) groups is 1. The molecule has 1 aromatic carbocycles. The van der Waals surface area contributed by atoms with Crippen molar-refractivity contribution in [3.8, 4) is 0 Å². The van der Waals surface area contributed by atoms with E-state index in [4.69, 9.17) is 22.1 Å². The Hall–Kier alpha value is -0.810. The highest BCUT2D eigenvalue weighted by Gasteiger charge is 2.18. The molecule has 0 bridgehead atoms. The first-order chi connectivity index (χ1) is 8.06. The predicted octanol–water partition coefficient (Wildman–Crippen LogP) is 1.69. The molecule has 6 heteroatoms. The van der Waals surface area contributed by atoms with E-state index in [2.05, 4.69) is 0 Å². The highest BCUT2D eigenvalue weighted by atomic mass is 35.5. The fourth-order valence-corrected chi connectivity index (χ4v) is 1.69. The summed E-state index contributed by atoms with van der Waals surface area (Å²) >= 11 is 6.02. The minimum absolute atomic E-state index is 0. The van der Waals surface area contributed by atoms with Gasteiger partial charge in [0, 0.05) is 25.7 Å². The van der Waals surface area contributed by atoms with Gasteiger partial charge < -0.3 is 15.4 Å². The van der Waals surface area contributed by atoms with E-state index < -0.39 is 6.04 Å². The molecule has 0 saturated heterocycles. The van der Waals surface area contributed by atoms with Gasteiger partial charge in [-0.3, -0.25) is 4.79 Å². The molecular formula is C12H18Cl2N2O2. The van der Waals surface area contributed by atoms with Crippen molar-refractivity contribution in [2.45, 2.75) is 12.6 Å². The van der Waals surface area contributed by atoms with Crippen molar-refractivity contribution in [3.63, 3.8) is 0 Å². The second-order valence-corrected chi connectivity index (χ2v) is 4.25. The first kappa shape index (κ1) is 17.2. The lowest BCUT2D eigenvalue weighted by Crippen LogP contribution is -2.44. The Morgan fingerprint density at radius 2 is 2.11 bits per heavy atom. The summed E-state index contributed by atoms with van der Waals surface area (Å²) in [6.45, 7) is 0.654. The molecule has 0 heterocycles. The van der Waals surface area contributed by atoms with Gasteiger partial charge in [-0.15, -0.1) is 12.4 Å². The van der Waals surface area contributed by atoms with Crippen LogP contribution in [-0.2, 0) is 16.1 Å². The third-order valence-corrected chi connectivity index (χ3v) is 2.77. The van der Waals surface area contributed by atoms with E-state index in [0.29, 0.717) is 11.6 Å². The van der Waals surface area contributed by atoms with Crippen LogP contribution in [-0.4, -0.2) is 37.6 Å². The molecule has 1 rings (SSSR count). The lowest BCUT2D eigenvalue weighted by atomic mass is 10.2. The number of carbonyl (C=O) groups excluding carboxylic acids is 1. The van der Waals surface area contributed by atoms with Gasteiger partial charge >= 0.3 is 0 Å². The minimum atomic E-state index is -0.632. The summed E-state index contributed by atoms with van der Waals surface area (Å²) in [5, 5.41) is 0.646. The summed E-state index contributed by atoms with van der Waals surface area (Å²) in [4.78, 5) is 13.4. The average Bonchev–Trinajstić information content (AvgIpc) is 2.31. The average molecular weight is 293 g/mol. The normalized spacial score (nSPS) is 11.6. The standard InChI is InChI=1S/C12H17ClN2O2.ClH/c1-15(12(16)11(14)8-17-2)7-9-5-3-4-6-10(9)13;/h3-6,11H,7-8,14H2,1-2H3;1H. The number of methoxy groups -OCH3 is 1. The number of amides is 1. The molecule has 0 radical (unpaired) electrons. The SMILES string of the molecule is COCC(N)C(=O)N(C)Cc1ccccc1Cl.Cl. The highest BCUT2D eigenvalue weighted by Crippen LogP contribution is 2.16. The van der Waals surface area contributed by atoms with Crippen molar-refractivity contribution >= 4 is 29.9 Å². The van der Waals surface area contributed by atoms with Crippen LogP contribution in [0.5, 0.6) is 0 Å². The number of nitrogens with two attached hydrogens (primary N) is 1. The Bertz CT molecular complexity index is 388. The van der Waals surface area contributed by atoms with Crippen LogP contribution in [0.15, 0.2) is 24.3 Å². The Morgan fingerprint density at radius 3 is 2.67 bits per heavy atom. The van der Waals surface area contributed by atoms with Gasteiger partial charge in [0.15, 0.2) is 0 Å². The van der Waals surface area contributed by atoms with Gasteiger partial charge in [-0.25, -0.2) is 0 Å². The summed E-state index contributed by atoms with van der Waals surface area (Å²) in [6.07, 6.45) is 0. The Labute approximate surface area is 118 Å². The van der Waals surface area contributed by atoms with Crippen LogP contribution < -0.4 is 5.73 Å². The van der Waals surface area contributed by atoms with Gasteiger partial charge in [-0.05, 0) is 11.6 Å². The monoisotopic (exact) mass is 292 g/mol. The molecule has 0 aliphatic heterocycles. The lowest BCUT2D eigenvalue weighted by Gasteiger charge is -2.21. The van der Waals surface area contributed by atoms with Crippen LogP contribution in [0.3, 0.4) is 0 Å². The largest absolute Gasteiger partial charge is 0.383 e. The maximum absolute atomic E-state index is 11.8. The van der Waals surface area contributed by atoms with E-state index in [0.717, 1.165) is 5.56 Å². The molecule has 1 atom stereocenters. The minimum Gasteiger partial charge on any atom is -0.383 e. The number of hydrogen-bond donors (Lipinski definition) is 1. The fraction of sp³-hybridized carbons (Fsp3) is 0.417. The molecule has 18 heavy (non-hydrogen) atoms. The number of rotatable bonds is 5. The maximum atomic E-state index is 11.8. The zero-order valence-electron chi connectivity index (χ0n) is 10.4. The molecule has 0 fully saturated rings. The number of halogens is 2. The second kappa shape index (κ2) is 8.32. The van der Waals surface area contributed by atoms with Gasteiger partial charge in [0.25, 0.3) is 0 Å². The molecule has 4 nitrogen and oxygen atoms in total. The summed E-state index contributed by atoms with van der Waals surface area (Å²) in [7, 11) is 3.21. The number of ether oxygens (including phenoxy) is 1. The van der Waals surface area contributed by atoms with E-state index in [1.807, 2.05) is 18.2 Å². The van der Waals surface area contributed by atoms with Crippen LogP contribution in [0.2, 0.25) is 5.02 Å². The number of nitrogens with zero attached hydrogens (tertiary/aromatic N) is 1. The maximum Gasteiger partial charge on any atom is 0.241 e. The molecule has 0 saturated carbocycles. The van der Waals surface area contributed by atoms with E-state index in [-0.39, 0.29) is 24.9 Å². The third kappa shape index (κ3) is 4.82. The summed E-state index contributed by atoms with van der Waals surface area (Å²) < 4.78 is 4.85. The van der Waals surface area contributed by atoms with Crippen molar-refractivity contribution in [2.24, 2.45) is 5.73 Å². The number of likely N-dealkylation sites (N-methyl/N-ethyl adjacent to an activating group) is 1. The van der Waals surface area contributed by atoms with Gasteiger partial charge in [0.1, 0.15) is 6.04 Å². The zero-order chi connectivity index (χ0) is 12.8. The molecule has 1 unspecified atom stereocenters. The third-order valence-electron chi connectivity index (χ3n) is 2.40. The predicted molar refractivity (Wildman–Crippen MR) is 75.0 cm³/mol. The van der Waals surface area contributed by atoms with Crippen LogP contribution >= 0.6 is 24.0 Å². The van der Waals surface area contributed by atoms with Gasteiger partial charge in [0.2, 0.25) is 5.91 Å². The van der Waals surface area contributed by atoms with Crippen molar-refractivity contribution in [1.82, 2.24) is 4.90 Å². The van der Waals surface area contributed by atoms with Gasteiger partial charge in [0.05, 0.1) is 6.61 Å². The Balaban J connectivity index is 0.00000289. The Morgan fingerprint density at radius 1 is 1.50 bits per heavy atom. The smallest absolute Gasteiger partial charge is 0.241 e. The fourth-order valence-electron chi connectivity index (χ4n) is 1.49. The first-order valence-electron chi connectivity index (χ1n) is 5.29. The van der Waals surface area contributed by atoms with Gasteiger partial charge in [-0.1, -0.05) is 29.8 Å². The zero-order valence-corrected chi connectivity index (χ0v) is 12.0. The molecule has 0 spiro atoms. The molecule has 0 aliphatic rings. The molecule has 102 valence electrons. The van der Waals surface area contributed by atoms with E-state index >= 15 is 0 Å². The molecular weight excluding hydrogens is 275 g/mol. The van der Waals surface area contributed by atoms with Crippen LogP contribution in [0, 0.1) is 0 Å². The van der Waals surface area contributed by atoms with Crippen molar-refractivity contribution in [3.05, 3.63) is 34.9 Å². The molecule has 0 aromatic heterocycles. The highest BCUT2D eigenvalue weighted by molar-refractivity contribution is 6.31. The van der Waals surface area contributed by atoms with E-state index in [1.165, 1.54) is 7.11 Å². The summed E-state index contributed by atoms with van der Waals surface area (Å²) in [5.74, 6) is -0.160. The Kier molecular flexibility index (Phi) is 7.95. The summed E-state index contributed by atoms with van der Waals surface area (Å²) in [5.41, 5.74) is 6.57. The topological polar surface area (TPSA) is 55.6 Å².